The summed E-state index contributed by atoms with van der Waals surface area (Å²) in [5.41, 5.74) is -3.55. The van der Waals surface area contributed by atoms with Crippen LogP contribution in [-0.2, 0) is 11.0 Å². The molecule has 1 saturated carbocycles. The number of aryl methyl sites for hydroxylation is 1. The number of halogens is 3. The zero-order valence-electron chi connectivity index (χ0n) is 19.5. The Morgan fingerprint density at radius 1 is 1.12 bits per heavy atom. The normalized spacial score (nSPS) is 15.6. The van der Waals surface area contributed by atoms with Crippen molar-refractivity contribution >= 4 is 11.8 Å². The fraction of sp³-hybridized carbons (Fsp3) is 0.500. The highest BCUT2D eigenvalue weighted by molar-refractivity contribution is 5.98. The number of nitrogens with one attached hydrogen (secondary N) is 1. The Kier molecular flexibility index (Phi) is 7.48. The van der Waals surface area contributed by atoms with Crippen LogP contribution in [0.25, 0.3) is 5.69 Å². The SMILES string of the molecule is CCN(CC)C(=O)C1(NC(=O)c2nn(-c3ccccc3C(F)(F)F)c(C)cc2=O)CCCCC1. The second-order valence-corrected chi connectivity index (χ2v) is 8.50. The molecule has 0 unspecified atom stereocenters. The predicted octanol–water partition coefficient (Wildman–Crippen LogP) is 3.86. The minimum atomic E-state index is -4.65. The fourth-order valence-corrected chi connectivity index (χ4v) is 4.48. The number of para-hydroxylation sites is 1. The maximum absolute atomic E-state index is 13.6. The third kappa shape index (κ3) is 5.00. The van der Waals surface area contributed by atoms with Crippen molar-refractivity contribution in [1.82, 2.24) is 20.0 Å². The summed E-state index contributed by atoms with van der Waals surface area (Å²) in [6.07, 6.45) is -1.42. The lowest BCUT2D eigenvalue weighted by Crippen LogP contribution is -2.61. The minimum Gasteiger partial charge on any atom is -0.341 e. The molecule has 1 aromatic heterocycles. The zero-order chi connectivity index (χ0) is 25.1. The molecule has 0 bridgehead atoms. The molecule has 0 saturated heterocycles. The largest absolute Gasteiger partial charge is 0.418 e. The van der Waals surface area contributed by atoms with Crippen molar-refractivity contribution in [2.75, 3.05) is 13.1 Å². The number of alkyl halides is 3. The molecule has 1 aliphatic rings. The number of likely N-dealkylation sites (N-methyl/N-ethyl adjacent to an activating group) is 1. The van der Waals surface area contributed by atoms with E-state index in [9.17, 15) is 27.6 Å². The maximum atomic E-state index is 13.6. The van der Waals surface area contributed by atoms with E-state index in [4.69, 9.17) is 0 Å². The van der Waals surface area contributed by atoms with Gasteiger partial charge in [0.2, 0.25) is 11.3 Å². The van der Waals surface area contributed by atoms with Crippen LogP contribution in [-0.4, -0.2) is 45.1 Å². The van der Waals surface area contributed by atoms with Gasteiger partial charge in [0.15, 0.2) is 5.69 Å². The van der Waals surface area contributed by atoms with Crippen molar-refractivity contribution < 1.29 is 22.8 Å². The van der Waals surface area contributed by atoms with E-state index in [1.165, 1.54) is 25.1 Å². The van der Waals surface area contributed by atoms with Crippen molar-refractivity contribution in [3.63, 3.8) is 0 Å². The molecule has 0 atom stereocenters. The van der Waals surface area contributed by atoms with Gasteiger partial charge >= 0.3 is 6.18 Å². The lowest BCUT2D eigenvalue weighted by atomic mass is 9.80. The highest BCUT2D eigenvalue weighted by Crippen LogP contribution is 2.34. The Balaban J connectivity index is 2.05. The molecule has 184 valence electrons. The van der Waals surface area contributed by atoms with Gasteiger partial charge < -0.3 is 10.2 Å². The van der Waals surface area contributed by atoms with Crippen LogP contribution in [0.1, 0.15) is 67.7 Å². The molecule has 0 aliphatic heterocycles. The van der Waals surface area contributed by atoms with Crippen molar-refractivity contribution in [2.45, 2.75) is 64.6 Å². The number of amides is 2. The van der Waals surface area contributed by atoms with Crippen LogP contribution >= 0.6 is 0 Å². The van der Waals surface area contributed by atoms with Crippen LogP contribution in [0.4, 0.5) is 13.2 Å². The average Bonchev–Trinajstić information content (AvgIpc) is 2.80. The smallest absolute Gasteiger partial charge is 0.341 e. The molecular formula is C24H29F3N4O3. The third-order valence-corrected chi connectivity index (χ3v) is 6.28. The average molecular weight is 479 g/mol. The van der Waals surface area contributed by atoms with E-state index in [1.54, 1.807) is 4.90 Å². The lowest BCUT2D eigenvalue weighted by Gasteiger charge is -2.39. The number of carbonyl (C=O) groups excluding carboxylic acids is 2. The summed E-state index contributed by atoms with van der Waals surface area (Å²) in [5, 5.41) is 6.78. The summed E-state index contributed by atoms with van der Waals surface area (Å²) in [6.45, 7) is 6.07. The van der Waals surface area contributed by atoms with Crippen LogP contribution in [0.3, 0.4) is 0 Å². The second-order valence-electron chi connectivity index (χ2n) is 8.50. The van der Waals surface area contributed by atoms with Gasteiger partial charge in [0.1, 0.15) is 5.54 Å². The van der Waals surface area contributed by atoms with Gasteiger partial charge in [-0.05, 0) is 45.7 Å². The summed E-state index contributed by atoms with van der Waals surface area (Å²) in [7, 11) is 0. The van der Waals surface area contributed by atoms with Gasteiger partial charge in [0, 0.05) is 24.8 Å². The van der Waals surface area contributed by atoms with Crippen LogP contribution in [0, 0.1) is 6.92 Å². The first-order valence-electron chi connectivity index (χ1n) is 11.4. The maximum Gasteiger partial charge on any atom is 0.418 e. The molecular weight excluding hydrogens is 449 g/mol. The molecule has 0 radical (unpaired) electrons. The predicted molar refractivity (Wildman–Crippen MR) is 121 cm³/mol. The summed E-state index contributed by atoms with van der Waals surface area (Å²) in [5.74, 6) is -1.09. The molecule has 10 heteroatoms. The molecule has 1 heterocycles. The molecule has 34 heavy (non-hydrogen) atoms. The van der Waals surface area contributed by atoms with Crippen molar-refractivity contribution in [3.8, 4) is 5.69 Å². The van der Waals surface area contributed by atoms with E-state index >= 15 is 0 Å². The standard InChI is InChI=1S/C24H29F3N4O3/c1-4-30(5-2)22(34)23(13-9-6-10-14-23)28-21(33)20-19(32)15-16(3)31(29-20)18-12-8-7-11-17(18)24(25,26)27/h7-8,11-12,15H,4-6,9-10,13-14H2,1-3H3,(H,28,33). The number of hydrogen-bond acceptors (Lipinski definition) is 4. The molecule has 3 rings (SSSR count). The molecule has 0 spiro atoms. The topological polar surface area (TPSA) is 84.3 Å². The van der Waals surface area contributed by atoms with Crippen molar-refractivity contribution in [3.05, 3.63) is 57.5 Å². The number of rotatable bonds is 6. The van der Waals surface area contributed by atoms with Gasteiger partial charge in [-0.2, -0.15) is 18.3 Å². The Bertz CT molecular complexity index is 1120. The summed E-state index contributed by atoms with van der Waals surface area (Å²) in [6, 6.07) is 5.89. The fourth-order valence-electron chi connectivity index (χ4n) is 4.48. The van der Waals surface area contributed by atoms with Crippen LogP contribution in [0.2, 0.25) is 0 Å². The van der Waals surface area contributed by atoms with Crippen molar-refractivity contribution in [2.24, 2.45) is 0 Å². The van der Waals surface area contributed by atoms with Gasteiger partial charge in [-0.25, -0.2) is 4.68 Å². The van der Waals surface area contributed by atoms with Gasteiger partial charge in [-0.15, -0.1) is 0 Å². The molecule has 7 nitrogen and oxygen atoms in total. The van der Waals surface area contributed by atoms with E-state index in [-0.39, 0.29) is 17.3 Å². The van der Waals surface area contributed by atoms with Gasteiger partial charge in [-0.3, -0.25) is 14.4 Å². The summed E-state index contributed by atoms with van der Waals surface area (Å²) >= 11 is 0. The Morgan fingerprint density at radius 2 is 1.74 bits per heavy atom. The Labute approximate surface area is 196 Å². The number of benzene rings is 1. The molecule has 1 aromatic carbocycles. The quantitative estimate of drug-likeness (QED) is 0.684. The molecule has 1 aliphatic carbocycles. The van der Waals surface area contributed by atoms with E-state index in [0.29, 0.717) is 25.9 Å². The van der Waals surface area contributed by atoms with Gasteiger partial charge in [0.25, 0.3) is 5.91 Å². The van der Waals surface area contributed by atoms with Gasteiger partial charge in [0.05, 0.1) is 11.3 Å². The van der Waals surface area contributed by atoms with Crippen LogP contribution < -0.4 is 10.7 Å². The first-order valence-corrected chi connectivity index (χ1v) is 11.4. The van der Waals surface area contributed by atoms with E-state index in [2.05, 4.69) is 10.4 Å². The third-order valence-electron chi connectivity index (χ3n) is 6.28. The monoisotopic (exact) mass is 478 g/mol. The van der Waals surface area contributed by atoms with Crippen LogP contribution in [0.15, 0.2) is 35.1 Å². The minimum absolute atomic E-state index is 0.143. The van der Waals surface area contributed by atoms with Gasteiger partial charge in [-0.1, -0.05) is 31.4 Å². The van der Waals surface area contributed by atoms with E-state index in [1.807, 2.05) is 13.8 Å². The van der Waals surface area contributed by atoms with Crippen LogP contribution in [0.5, 0.6) is 0 Å². The number of aromatic nitrogens is 2. The molecule has 1 fully saturated rings. The molecule has 2 amide bonds. The number of carbonyl (C=O) groups is 2. The number of hydrogen-bond donors (Lipinski definition) is 1. The van der Waals surface area contributed by atoms with E-state index < -0.39 is 34.3 Å². The first-order chi connectivity index (χ1) is 16.0. The Morgan fingerprint density at radius 3 is 2.32 bits per heavy atom. The Hall–Kier alpha value is -3.17. The lowest BCUT2D eigenvalue weighted by molar-refractivity contribution is -0.139. The summed E-state index contributed by atoms with van der Waals surface area (Å²) < 4.78 is 41.7. The highest BCUT2D eigenvalue weighted by Gasteiger charge is 2.43. The van der Waals surface area contributed by atoms with Crippen molar-refractivity contribution in [1.29, 1.82) is 0 Å². The summed E-state index contributed by atoms with van der Waals surface area (Å²) in [4.78, 5) is 40.8. The first kappa shape index (κ1) is 25.5. The molecule has 2 aromatic rings. The number of nitrogens with zero attached hydrogens (tertiary/aromatic N) is 3. The highest BCUT2D eigenvalue weighted by atomic mass is 19.4. The molecule has 1 N–H and O–H groups in total. The second kappa shape index (κ2) is 9.99. The zero-order valence-corrected chi connectivity index (χ0v) is 19.5. The van der Waals surface area contributed by atoms with E-state index in [0.717, 1.165) is 36.1 Å².